The first-order chi connectivity index (χ1) is 5.65. The largest absolute Gasteiger partial charge is 0.364 e. The molecule has 4 nitrogen and oxygen atoms in total. The van der Waals surface area contributed by atoms with Crippen molar-refractivity contribution in [2.24, 2.45) is 5.73 Å². The Bertz CT molecular complexity index is 319. The van der Waals surface area contributed by atoms with E-state index in [2.05, 4.69) is 4.98 Å². The smallest absolute Gasteiger partial charge is 0.277 e. The van der Waals surface area contributed by atoms with E-state index in [1.54, 1.807) is 12.3 Å². The molecule has 0 unspecified atom stereocenters. The molecule has 0 spiro atoms. The second-order valence-electron chi connectivity index (χ2n) is 2.18. The highest BCUT2D eigenvalue weighted by atomic mass is 32.1. The van der Waals surface area contributed by atoms with E-state index < -0.39 is 5.91 Å². The van der Waals surface area contributed by atoms with E-state index >= 15 is 0 Å². The van der Waals surface area contributed by atoms with Crippen molar-refractivity contribution in [3.05, 3.63) is 16.1 Å². The molecule has 0 aliphatic heterocycles. The predicted molar refractivity (Wildman–Crippen MR) is 45.3 cm³/mol. The molecule has 0 aliphatic carbocycles. The standard InChI is InChI=1S/C7H8N2O2S/c1-2-5(10)4-3-12-7(9-4)6(8)11/h3H,2H2,1H3,(H2,8,11). The molecule has 0 bridgehead atoms. The lowest BCUT2D eigenvalue weighted by Gasteiger charge is -1.87. The summed E-state index contributed by atoms with van der Waals surface area (Å²) in [6.07, 6.45) is 0.391. The van der Waals surface area contributed by atoms with Crippen LogP contribution in [0.5, 0.6) is 0 Å². The Labute approximate surface area is 73.4 Å². The number of amides is 1. The van der Waals surface area contributed by atoms with E-state index in [0.29, 0.717) is 12.1 Å². The van der Waals surface area contributed by atoms with Crippen molar-refractivity contribution in [2.75, 3.05) is 0 Å². The van der Waals surface area contributed by atoms with Crippen LogP contribution in [0.25, 0.3) is 0 Å². The van der Waals surface area contributed by atoms with Crippen LogP contribution < -0.4 is 5.73 Å². The number of ketones is 1. The van der Waals surface area contributed by atoms with E-state index in [1.165, 1.54) is 0 Å². The van der Waals surface area contributed by atoms with Gasteiger partial charge in [0.25, 0.3) is 5.91 Å². The topological polar surface area (TPSA) is 73.1 Å². The molecular weight excluding hydrogens is 176 g/mol. The molecule has 1 amide bonds. The van der Waals surface area contributed by atoms with E-state index in [4.69, 9.17) is 5.73 Å². The summed E-state index contributed by atoms with van der Waals surface area (Å²) < 4.78 is 0. The van der Waals surface area contributed by atoms with Crippen molar-refractivity contribution in [1.82, 2.24) is 4.98 Å². The summed E-state index contributed by atoms with van der Waals surface area (Å²) in [5, 5.41) is 1.73. The van der Waals surface area contributed by atoms with Crippen LogP contribution >= 0.6 is 11.3 Å². The monoisotopic (exact) mass is 184 g/mol. The van der Waals surface area contributed by atoms with Gasteiger partial charge in [0.15, 0.2) is 10.8 Å². The lowest BCUT2D eigenvalue weighted by Crippen LogP contribution is -2.11. The van der Waals surface area contributed by atoms with Crippen molar-refractivity contribution in [3.63, 3.8) is 0 Å². The van der Waals surface area contributed by atoms with Gasteiger partial charge in [0, 0.05) is 11.8 Å². The minimum atomic E-state index is -0.588. The lowest BCUT2D eigenvalue weighted by molar-refractivity contribution is 0.0984. The fourth-order valence-electron chi connectivity index (χ4n) is 0.696. The van der Waals surface area contributed by atoms with Crippen LogP contribution in [0.3, 0.4) is 0 Å². The van der Waals surface area contributed by atoms with Crippen LogP contribution in [-0.2, 0) is 0 Å². The Balaban J connectivity index is 2.91. The Morgan fingerprint density at radius 3 is 2.75 bits per heavy atom. The normalized spacial score (nSPS) is 9.75. The Kier molecular flexibility index (Phi) is 2.54. The van der Waals surface area contributed by atoms with Crippen LogP contribution in [-0.4, -0.2) is 16.7 Å². The molecule has 0 aliphatic rings. The summed E-state index contributed by atoms with van der Waals surface area (Å²) in [6, 6.07) is 0. The van der Waals surface area contributed by atoms with E-state index in [0.717, 1.165) is 11.3 Å². The summed E-state index contributed by atoms with van der Waals surface area (Å²) in [7, 11) is 0. The fraction of sp³-hybridized carbons (Fsp3) is 0.286. The molecule has 0 saturated carbocycles. The zero-order chi connectivity index (χ0) is 9.14. The van der Waals surface area contributed by atoms with E-state index in [-0.39, 0.29) is 10.8 Å². The maximum atomic E-state index is 11.0. The molecule has 1 aromatic rings. The predicted octanol–water partition coefficient (Wildman–Crippen LogP) is 0.835. The Morgan fingerprint density at radius 2 is 2.33 bits per heavy atom. The molecular formula is C7H8N2O2S. The molecule has 0 atom stereocenters. The molecule has 1 rings (SSSR count). The van der Waals surface area contributed by atoms with Gasteiger partial charge in [-0.25, -0.2) is 4.98 Å². The number of hydrogen-bond acceptors (Lipinski definition) is 4. The number of nitrogens with zero attached hydrogens (tertiary/aromatic N) is 1. The van der Waals surface area contributed by atoms with Crippen molar-refractivity contribution < 1.29 is 9.59 Å². The molecule has 2 N–H and O–H groups in total. The molecule has 1 heterocycles. The number of rotatable bonds is 3. The quantitative estimate of drug-likeness (QED) is 0.707. The average molecular weight is 184 g/mol. The number of thiazole rings is 1. The minimum absolute atomic E-state index is 0.0706. The molecule has 5 heteroatoms. The van der Waals surface area contributed by atoms with Crippen LogP contribution in [0, 0.1) is 0 Å². The highest BCUT2D eigenvalue weighted by Crippen LogP contribution is 2.10. The highest BCUT2D eigenvalue weighted by Gasteiger charge is 2.11. The fourth-order valence-corrected chi connectivity index (χ4v) is 1.37. The summed E-state index contributed by atoms with van der Waals surface area (Å²) in [4.78, 5) is 25.4. The van der Waals surface area contributed by atoms with Crippen LogP contribution in [0.4, 0.5) is 0 Å². The first-order valence-corrected chi connectivity index (χ1v) is 4.31. The molecule has 0 radical (unpaired) electrons. The summed E-state index contributed by atoms with van der Waals surface area (Å²) in [5.41, 5.74) is 5.30. The molecule has 0 saturated heterocycles. The molecule has 64 valence electrons. The number of nitrogens with two attached hydrogens (primary N) is 1. The van der Waals surface area contributed by atoms with Gasteiger partial charge in [-0.15, -0.1) is 11.3 Å². The van der Waals surface area contributed by atoms with Crippen molar-refractivity contribution in [2.45, 2.75) is 13.3 Å². The number of carbonyl (C=O) groups excluding carboxylic acids is 2. The van der Waals surface area contributed by atoms with Gasteiger partial charge >= 0.3 is 0 Å². The third kappa shape index (κ3) is 1.68. The SMILES string of the molecule is CCC(=O)c1csc(C(N)=O)n1. The molecule has 12 heavy (non-hydrogen) atoms. The summed E-state index contributed by atoms with van der Waals surface area (Å²) in [6.45, 7) is 1.74. The van der Waals surface area contributed by atoms with E-state index in [1.807, 2.05) is 0 Å². The third-order valence-electron chi connectivity index (χ3n) is 1.32. The Morgan fingerprint density at radius 1 is 1.67 bits per heavy atom. The van der Waals surface area contributed by atoms with Crippen LogP contribution in [0.1, 0.15) is 33.6 Å². The zero-order valence-corrected chi connectivity index (χ0v) is 7.35. The Hall–Kier alpha value is -1.23. The summed E-state index contributed by atoms with van der Waals surface area (Å²) >= 11 is 1.09. The van der Waals surface area contributed by atoms with Crippen LogP contribution in [0.15, 0.2) is 5.38 Å². The average Bonchev–Trinajstić information content (AvgIpc) is 2.51. The van der Waals surface area contributed by atoms with Gasteiger partial charge in [0.2, 0.25) is 0 Å². The summed E-state index contributed by atoms with van der Waals surface area (Å²) in [5.74, 6) is -0.658. The highest BCUT2D eigenvalue weighted by molar-refractivity contribution is 7.11. The number of hydrogen-bond donors (Lipinski definition) is 1. The lowest BCUT2D eigenvalue weighted by atomic mass is 10.2. The number of primary amides is 1. The molecule has 0 fully saturated rings. The molecule has 0 aromatic carbocycles. The van der Waals surface area contributed by atoms with Crippen LogP contribution in [0.2, 0.25) is 0 Å². The van der Waals surface area contributed by atoms with Gasteiger partial charge < -0.3 is 5.73 Å². The number of carbonyl (C=O) groups is 2. The maximum Gasteiger partial charge on any atom is 0.277 e. The van der Waals surface area contributed by atoms with Crippen molar-refractivity contribution >= 4 is 23.0 Å². The van der Waals surface area contributed by atoms with Gasteiger partial charge in [0.05, 0.1) is 0 Å². The van der Waals surface area contributed by atoms with Crippen molar-refractivity contribution in [3.8, 4) is 0 Å². The molecule has 1 aromatic heterocycles. The first kappa shape index (κ1) is 8.86. The second kappa shape index (κ2) is 3.44. The minimum Gasteiger partial charge on any atom is -0.364 e. The first-order valence-electron chi connectivity index (χ1n) is 3.43. The number of aromatic nitrogens is 1. The maximum absolute atomic E-state index is 11.0. The van der Waals surface area contributed by atoms with Gasteiger partial charge in [-0.05, 0) is 0 Å². The van der Waals surface area contributed by atoms with Gasteiger partial charge in [-0.3, -0.25) is 9.59 Å². The van der Waals surface area contributed by atoms with Gasteiger partial charge in [-0.2, -0.15) is 0 Å². The van der Waals surface area contributed by atoms with Crippen molar-refractivity contribution in [1.29, 1.82) is 0 Å². The second-order valence-corrected chi connectivity index (χ2v) is 3.04. The zero-order valence-electron chi connectivity index (χ0n) is 6.53. The third-order valence-corrected chi connectivity index (χ3v) is 2.18. The van der Waals surface area contributed by atoms with E-state index in [9.17, 15) is 9.59 Å². The van der Waals surface area contributed by atoms with Gasteiger partial charge in [-0.1, -0.05) is 6.92 Å². The van der Waals surface area contributed by atoms with Gasteiger partial charge in [0.1, 0.15) is 5.69 Å². The number of Topliss-reactive ketones (excluding diaryl/α,β-unsaturated/α-hetero) is 1.